The summed E-state index contributed by atoms with van der Waals surface area (Å²) >= 11 is 0. The van der Waals surface area contributed by atoms with E-state index in [0.717, 1.165) is 0 Å². The van der Waals surface area contributed by atoms with Crippen LogP contribution in [-0.4, -0.2) is 20.8 Å². The molecule has 0 saturated carbocycles. The Balaban J connectivity index is 1.93. The molecule has 0 aliphatic carbocycles. The van der Waals surface area contributed by atoms with E-state index in [-0.39, 0.29) is 5.91 Å². The minimum absolute atomic E-state index is 0.286. The minimum Gasteiger partial charge on any atom is -0.465 e. The van der Waals surface area contributed by atoms with Crippen LogP contribution < -0.4 is 5.43 Å². The standard InChI is InChI=1S/C9H8N4O2/c14-9(12-13-6-10-11-7-13)4-3-8-2-1-5-15-8/h1-7H,(H,12,14). The fraction of sp³-hybridized carbons (Fsp3) is 0. The van der Waals surface area contributed by atoms with Gasteiger partial charge in [0.25, 0.3) is 5.91 Å². The third-order valence-electron chi connectivity index (χ3n) is 1.60. The van der Waals surface area contributed by atoms with Crippen LogP contribution in [0.15, 0.2) is 41.5 Å². The van der Waals surface area contributed by atoms with Gasteiger partial charge in [-0.3, -0.25) is 10.2 Å². The first kappa shape index (κ1) is 9.20. The monoisotopic (exact) mass is 204 g/mol. The molecule has 2 aromatic heterocycles. The molecule has 0 aromatic carbocycles. The van der Waals surface area contributed by atoms with Crippen molar-refractivity contribution in [2.45, 2.75) is 0 Å². The lowest BCUT2D eigenvalue weighted by Crippen LogP contribution is -2.18. The van der Waals surface area contributed by atoms with E-state index >= 15 is 0 Å². The molecule has 6 heteroatoms. The molecule has 0 bridgehead atoms. The van der Waals surface area contributed by atoms with E-state index in [4.69, 9.17) is 4.42 Å². The van der Waals surface area contributed by atoms with Gasteiger partial charge in [0.1, 0.15) is 18.4 Å². The zero-order chi connectivity index (χ0) is 10.5. The summed E-state index contributed by atoms with van der Waals surface area (Å²) in [7, 11) is 0. The molecule has 6 nitrogen and oxygen atoms in total. The maximum absolute atomic E-state index is 11.3. The van der Waals surface area contributed by atoms with E-state index in [1.165, 1.54) is 29.7 Å². The summed E-state index contributed by atoms with van der Waals surface area (Å²) in [6.45, 7) is 0. The summed E-state index contributed by atoms with van der Waals surface area (Å²) in [5, 5.41) is 7.08. The number of hydrogen-bond acceptors (Lipinski definition) is 4. The first-order valence-electron chi connectivity index (χ1n) is 4.22. The van der Waals surface area contributed by atoms with Crippen LogP contribution >= 0.6 is 0 Å². The Bertz CT molecular complexity index is 444. The SMILES string of the molecule is O=C(C=Cc1ccco1)Nn1cnnc1. The molecule has 0 spiro atoms. The molecule has 0 aliphatic rings. The summed E-state index contributed by atoms with van der Waals surface area (Å²) in [6.07, 6.45) is 7.24. The molecule has 15 heavy (non-hydrogen) atoms. The van der Waals surface area contributed by atoms with E-state index in [1.54, 1.807) is 18.2 Å². The van der Waals surface area contributed by atoms with Gasteiger partial charge in [-0.25, -0.2) is 4.68 Å². The van der Waals surface area contributed by atoms with Crippen LogP contribution in [0.3, 0.4) is 0 Å². The first-order valence-corrected chi connectivity index (χ1v) is 4.22. The highest BCUT2D eigenvalue weighted by Crippen LogP contribution is 2.01. The largest absolute Gasteiger partial charge is 0.465 e. The van der Waals surface area contributed by atoms with Gasteiger partial charge in [-0.05, 0) is 18.2 Å². The Kier molecular flexibility index (Phi) is 2.59. The molecular weight excluding hydrogens is 196 g/mol. The van der Waals surface area contributed by atoms with Crippen LogP contribution in [0, 0.1) is 0 Å². The van der Waals surface area contributed by atoms with Crippen molar-refractivity contribution in [3.05, 3.63) is 42.9 Å². The number of rotatable bonds is 3. The predicted molar refractivity (Wildman–Crippen MR) is 52.1 cm³/mol. The second-order valence-electron chi connectivity index (χ2n) is 2.69. The Hall–Kier alpha value is -2.37. The molecule has 0 unspecified atom stereocenters. The van der Waals surface area contributed by atoms with Crippen molar-refractivity contribution in [2.24, 2.45) is 0 Å². The topological polar surface area (TPSA) is 73.0 Å². The third-order valence-corrected chi connectivity index (χ3v) is 1.60. The van der Waals surface area contributed by atoms with E-state index in [9.17, 15) is 4.79 Å². The summed E-state index contributed by atoms with van der Waals surface area (Å²) in [5.74, 6) is 0.333. The average Bonchev–Trinajstić information content (AvgIpc) is 2.86. The summed E-state index contributed by atoms with van der Waals surface area (Å²) < 4.78 is 6.38. The Labute approximate surface area is 85.2 Å². The van der Waals surface area contributed by atoms with Crippen molar-refractivity contribution < 1.29 is 9.21 Å². The molecule has 2 aromatic rings. The van der Waals surface area contributed by atoms with Gasteiger partial charge in [0.05, 0.1) is 6.26 Å². The summed E-state index contributed by atoms with van der Waals surface area (Å²) in [5.41, 5.74) is 2.51. The number of carbonyl (C=O) groups excluding carboxylic acids is 1. The molecule has 76 valence electrons. The third kappa shape index (κ3) is 2.53. The van der Waals surface area contributed by atoms with Gasteiger partial charge < -0.3 is 4.42 Å². The van der Waals surface area contributed by atoms with Crippen LogP contribution in [0.4, 0.5) is 0 Å². The van der Waals surface area contributed by atoms with Gasteiger partial charge in [-0.2, -0.15) is 0 Å². The van der Waals surface area contributed by atoms with Crippen molar-refractivity contribution in [3.8, 4) is 0 Å². The Morgan fingerprint density at radius 1 is 1.47 bits per heavy atom. The molecule has 1 amide bonds. The van der Waals surface area contributed by atoms with Crippen molar-refractivity contribution in [3.63, 3.8) is 0 Å². The van der Waals surface area contributed by atoms with Gasteiger partial charge in [-0.1, -0.05) is 0 Å². The van der Waals surface area contributed by atoms with Crippen molar-refractivity contribution in [1.29, 1.82) is 0 Å². The van der Waals surface area contributed by atoms with Gasteiger partial charge in [-0.15, -0.1) is 10.2 Å². The molecule has 0 radical (unpaired) electrons. The van der Waals surface area contributed by atoms with Crippen LogP contribution in [-0.2, 0) is 4.79 Å². The van der Waals surface area contributed by atoms with Gasteiger partial charge >= 0.3 is 0 Å². The lowest BCUT2D eigenvalue weighted by Gasteiger charge is -1.98. The number of furan rings is 1. The first-order chi connectivity index (χ1) is 7.34. The zero-order valence-electron chi connectivity index (χ0n) is 7.70. The van der Waals surface area contributed by atoms with Crippen LogP contribution in [0.2, 0.25) is 0 Å². The van der Waals surface area contributed by atoms with E-state index in [2.05, 4.69) is 15.6 Å². The Morgan fingerprint density at radius 3 is 2.93 bits per heavy atom. The fourth-order valence-corrected chi connectivity index (χ4v) is 0.967. The van der Waals surface area contributed by atoms with Crippen LogP contribution in [0.25, 0.3) is 6.08 Å². The highest BCUT2D eigenvalue weighted by Gasteiger charge is 1.96. The lowest BCUT2D eigenvalue weighted by molar-refractivity contribution is -0.112. The molecule has 2 heterocycles. The normalized spacial score (nSPS) is 10.7. The number of amides is 1. The van der Waals surface area contributed by atoms with Crippen molar-refractivity contribution >= 4 is 12.0 Å². The highest BCUT2D eigenvalue weighted by molar-refractivity contribution is 5.97. The number of carbonyl (C=O) groups is 1. The molecule has 0 aliphatic heterocycles. The van der Waals surface area contributed by atoms with Crippen LogP contribution in [0.5, 0.6) is 0 Å². The fourth-order valence-electron chi connectivity index (χ4n) is 0.967. The van der Waals surface area contributed by atoms with Crippen molar-refractivity contribution in [2.75, 3.05) is 5.43 Å². The van der Waals surface area contributed by atoms with E-state index < -0.39 is 0 Å². The Morgan fingerprint density at radius 2 is 2.27 bits per heavy atom. The predicted octanol–water partition coefficient (Wildman–Crippen LogP) is 0.655. The van der Waals surface area contributed by atoms with Gasteiger partial charge in [0.2, 0.25) is 0 Å². The second kappa shape index (κ2) is 4.23. The quantitative estimate of drug-likeness (QED) is 0.745. The minimum atomic E-state index is -0.286. The molecular formula is C9H8N4O2. The number of nitrogens with one attached hydrogen (secondary N) is 1. The smallest absolute Gasteiger partial charge is 0.263 e. The molecule has 0 saturated heterocycles. The number of nitrogens with zero attached hydrogens (tertiary/aromatic N) is 3. The van der Waals surface area contributed by atoms with Crippen molar-refractivity contribution in [1.82, 2.24) is 14.9 Å². The molecule has 0 fully saturated rings. The van der Waals surface area contributed by atoms with E-state index in [1.807, 2.05) is 0 Å². The number of aromatic nitrogens is 3. The average molecular weight is 204 g/mol. The molecule has 0 atom stereocenters. The summed E-state index contributed by atoms with van der Waals surface area (Å²) in [4.78, 5) is 11.3. The zero-order valence-corrected chi connectivity index (χ0v) is 7.70. The molecule has 1 N–H and O–H groups in total. The van der Waals surface area contributed by atoms with E-state index in [0.29, 0.717) is 5.76 Å². The maximum Gasteiger partial charge on any atom is 0.263 e. The van der Waals surface area contributed by atoms with Crippen LogP contribution in [0.1, 0.15) is 5.76 Å². The maximum atomic E-state index is 11.3. The van der Waals surface area contributed by atoms with Gasteiger partial charge in [0, 0.05) is 6.08 Å². The van der Waals surface area contributed by atoms with Gasteiger partial charge in [0.15, 0.2) is 0 Å². The second-order valence-corrected chi connectivity index (χ2v) is 2.69. The number of hydrogen-bond donors (Lipinski definition) is 1. The lowest BCUT2D eigenvalue weighted by atomic mass is 10.4. The molecule has 2 rings (SSSR count). The highest BCUT2D eigenvalue weighted by atomic mass is 16.3. The summed E-state index contributed by atoms with van der Waals surface area (Å²) in [6, 6.07) is 3.50.